The number of H-pyrrole nitrogens is 1. The number of pyridine rings is 1. The number of aromatic nitrogens is 1. The van der Waals surface area contributed by atoms with Crippen molar-refractivity contribution in [3.63, 3.8) is 0 Å². The molecule has 1 aliphatic rings. The van der Waals surface area contributed by atoms with Gasteiger partial charge < -0.3 is 15.4 Å². The van der Waals surface area contributed by atoms with Crippen molar-refractivity contribution < 1.29 is 5.11 Å². The van der Waals surface area contributed by atoms with Crippen LogP contribution in [0, 0.1) is 6.92 Å². The summed E-state index contributed by atoms with van der Waals surface area (Å²) in [4.78, 5) is 14.6. The van der Waals surface area contributed by atoms with Gasteiger partial charge in [0.15, 0.2) is 5.43 Å². The molecule has 0 amide bonds. The number of aliphatic hydroxyl groups is 1. The quantitative estimate of drug-likeness (QED) is 0.583. The van der Waals surface area contributed by atoms with E-state index in [4.69, 9.17) is 0 Å². The first-order valence-corrected chi connectivity index (χ1v) is 4.75. The van der Waals surface area contributed by atoms with E-state index in [0.29, 0.717) is 18.5 Å². The van der Waals surface area contributed by atoms with Gasteiger partial charge in [-0.1, -0.05) is 0 Å². The standard InChI is InChI=1S/C10H14N2O2/c1-7-4-9(13)8(5-12-7)10(14)2-3-11-6-10/h4-5,11,14H,2-3,6H2,1H3,(H,12,13). The molecule has 1 aromatic rings. The van der Waals surface area contributed by atoms with E-state index in [2.05, 4.69) is 10.3 Å². The van der Waals surface area contributed by atoms with Crippen molar-refractivity contribution >= 4 is 0 Å². The van der Waals surface area contributed by atoms with E-state index >= 15 is 0 Å². The first-order valence-electron chi connectivity index (χ1n) is 4.75. The summed E-state index contributed by atoms with van der Waals surface area (Å²) >= 11 is 0. The molecule has 1 fully saturated rings. The highest BCUT2D eigenvalue weighted by Crippen LogP contribution is 2.24. The summed E-state index contributed by atoms with van der Waals surface area (Å²) in [6.45, 7) is 3.03. The second-order valence-corrected chi connectivity index (χ2v) is 3.85. The molecule has 1 unspecified atom stereocenters. The van der Waals surface area contributed by atoms with Gasteiger partial charge in [-0.3, -0.25) is 4.79 Å². The topological polar surface area (TPSA) is 65.1 Å². The van der Waals surface area contributed by atoms with Crippen LogP contribution in [0.2, 0.25) is 0 Å². The Morgan fingerprint density at radius 1 is 1.57 bits per heavy atom. The van der Waals surface area contributed by atoms with Crippen LogP contribution in [0.15, 0.2) is 17.1 Å². The van der Waals surface area contributed by atoms with Crippen LogP contribution in [0.4, 0.5) is 0 Å². The molecule has 0 aromatic carbocycles. The molecule has 0 spiro atoms. The molecule has 14 heavy (non-hydrogen) atoms. The summed E-state index contributed by atoms with van der Waals surface area (Å²) < 4.78 is 0. The lowest BCUT2D eigenvalue weighted by atomic mass is 9.94. The first-order chi connectivity index (χ1) is 6.62. The van der Waals surface area contributed by atoms with Gasteiger partial charge in [0, 0.05) is 30.1 Å². The van der Waals surface area contributed by atoms with Crippen molar-refractivity contribution in [2.24, 2.45) is 0 Å². The van der Waals surface area contributed by atoms with E-state index in [9.17, 15) is 9.90 Å². The summed E-state index contributed by atoms with van der Waals surface area (Å²) in [5.74, 6) is 0. The molecule has 0 saturated carbocycles. The van der Waals surface area contributed by atoms with Crippen molar-refractivity contribution in [3.8, 4) is 0 Å². The average Bonchev–Trinajstić information content (AvgIpc) is 2.52. The zero-order valence-corrected chi connectivity index (χ0v) is 8.13. The van der Waals surface area contributed by atoms with Gasteiger partial charge in [-0.2, -0.15) is 0 Å². The molecule has 4 nitrogen and oxygen atoms in total. The van der Waals surface area contributed by atoms with E-state index in [0.717, 1.165) is 12.2 Å². The maximum Gasteiger partial charge on any atom is 0.187 e. The average molecular weight is 194 g/mol. The van der Waals surface area contributed by atoms with Crippen molar-refractivity contribution in [2.45, 2.75) is 18.9 Å². The summed E-state index contributed by atoms with van der Waals surface area (Å²) in [7, 11) is 0. The van der Waals surface area contributed by atoms with Gasteiger partial charge in [0.25, 0.3) is 0 Å². The third-order valence-electron chi connectivity index (χ3n) is 2.69. The Hall–Kier alpha value is -1.13. The lowest BCUT2D eigenvalue weighted by Crippen LogP contribution is -2.34. The molecule has 1 aromatic heterocycles. The molecule has 2 rings (SSSR count). The Morgan fingerprint density at radius 2 is 2.36 bits per heavy atom. The Bertz CT molecular complexity index is 391. The van der Waals surface area contributed by atoms with E-state index < -0.39 is 5.60 Å². The van der Waals surface area contributed by atoms with Crippen LogP contribution in [-0.2, 0) is 5.60 Å². The zero-order chi connectivity index (χ0) is 10.2. The number of hydrogen-bond acceptors (Lipinski definition) is 3. The predicted molar refractivity (Wildman–Crippen MR) is 53.2 cm³/mol. The molecule has 0 radical (unpaired) electrons. The minimum atomic E-state index is -0.985. The molecular weight excluding hydrogens is 180 g/mol. The number of hydrogen-bond donors (Lipinski definition) is 3. The number of β-amino-alcohol motifs (C(OH)–C–C–N with tert-alkyl or cyclic N) is 1. The summed E-state index contributed by atoms with van der Waals surface area (Å²) in [5, 5.41) is 13.2. The highest BCUT2D eigenvalue weighted by atomic mass is 16.3. The number of aryl methyl sites for hydroxylation is 1. The lowest BCUT2D eigenvalue weighted by Gasteiger charge is -2.20. The van der Waals surface area contributed by atoms with Crippen LogP contribution in [0.1, 0.15) is 17.7 Å². The minimum Gasteiger partial charge on any atom is -0.384 e. The van der Waals surface area contributed by atoms with Crippen molar-refractivity contribution in [1.29, 1.82) is 0 Å². The van der Waals surface area contributed by atoms with Crippen molar-refractivity contribution in [3.05, 3.63) is 33.7 Å². The number of rotatable bonds is 1. The van der Waals surface area contributed by atoms with Crippen molar-refractivity contribution in [2.75, 3.05) is 13.1 Å². The maximum absolute atomic E-state index is 11.6. The smallest absolute Gasteiger partial charge is 0.187 e. The van der Waals surface area contributed by atoms with E-state index in [1.165, 1.54) is 6.07 Å². The molecule has 1 aliphatic heterocycles. The number of nitrogens with one attached hydrogen (secondary N) is 2. The van der Waals surface area contributed by atoms with Crippen molar-refractivity contribution in [1.82, 2.24) is 10.3 Å². The van der Waals surface area contributed by atoms with Crippen LogP contribution in [0.5, 0.6) is 0 Å². The molecule has 0 aliphatic carbocycles. The highest BCUT2D eigenvalue weighted by Gasteiger charge is 2.34. The molecule has 4 heteroatoms. The maximum atomic E-state index is 11.6. The second-order valence-electron chi connectivity index (χ2n) is 3.85. The summed E-state index contributed by atoms with van der Waals surface area (Å²) in [5.41, 5.74) is 0.204. The largest absolute Gasteiger partial charge is 0.384 e. The summed E-state index contributed by atoms with van der Waals surface area (Å²) in [6, 6.07) is 1.52. The third-order valence-corrected chi connectivity index (χ3v) is 2.69. The van der Waals surface area contributed by atoms with E-state index in [1.807, 2.05) is 6.92 Å². The molecule has 0 bridgehead atoms. The van der Waals surface area contributed by atoms with E-state index in [-0.39, 0.29) is 5.43 Å². The van der Waals surface area contributed by atoms with Crippen LogP contribution < -0.4 is 10.7 Å². The monoisotopic (exact) mass is 194 g/mol. The minimum absolute atomic E-state index is 0.0903. The van der Waals surface area contributed by atoms with Gasteiger partial charge >= 0.3 is 0 Å². The second kappa shape index (κ2) is 3.22. The van der Waals surface area contributed by atoms with E-state index in [1.54, 1.807) is 6.20 Å². The van der Waals surface area contributed by atoms with Gasteiger partial charge in [-0.05, 0) is 19.9 Å². The Labute approximate surface area is 82.0 Å². The fourth-order valence-corrected chi connectivity index (χ4v) is 1.85. The first kappa shape index (κ1) is 9.43. The molecule has 1 atom stereocenters. The Kier molecular flexibility index (Phi) is 2.17. The fraction of sp³-hybridized carbons (Fsp3) is 0.500. The summed E-state index contributed by atoms with van der Waals surface area (Å²) in [6.07, 6.45) is 2.21. The highest BCUT2D eigenvalue weighted by molar-refractivity contribution is 5.22. The van der Waals surface area contributed by atoms with Crippen LogP contribution in [0.25, 0.3) is 0 Å². The SMILES string of the molecule is Cc1cc(=O)c(C2(O)CCNC2)c[nH]1. The molecular formula is C10H14N2O2. The lowest BCUT2D eigenvalue weighted by molar-refractivity contribution is 0.0573. The van der Waals surface area contributed by atoms with Gasteiger partial charge in [0.1, 0.15) is 5.60 Å². The number of aromatic amines is 1. The van der Waals surface area contributed by atoms with Crippen LogP contribution in [-0.4, -0.2) is 23.2 Å². The zero-order valence-electron chi connectivity index (χ0n) is 8.13. The molecule has 3 N–H and O–H groups in total. The molecule has 76 valence electrons. The van der Waals surface area contributed by atoms with Crippen LogP contribution in [0.3, 0.4) is 0 Å². The molecule has 2 heterocycles. The normalized spacial score (nSPS) is 26.7. The van der Waals surface area contributed by atoms with Gasteiger partial charge in [-0.15, -0.1) is 0 Å². The Morgan fingerprint density at radius 3 is 2.93 bits per heavy atom. The molecule has 1 saturated heterocycles. The predicted octanol–water partition coefficient (Wildman–Crippen LogP) is -0.136. The third kappa shape index (κ3) is 1.47. The van der Waals surface area contributed by atoms with Gasteiger partial charge in [0.2, 0.25) is 0 Å². The van der Waals surface area contributed by atoms with Gasteiger partial charge in [-0.25, -0.2) is 0 Å². The van der Waals surface area contributed by atoms with Gasteiger partial charge in [0.05, 0.1) is 0 Å². The van der Waals surface area contributed by atoms with Crippen LogP contribution >= 0.6 is 0 Å². The fourth-order valence-electron chi connectivity index (χ4n) is 1.85. The Balaban J connectivity index is 2.46.